The number of halogens is 1. The molecule has 0 saturated carbocycles. The van der Waals surface area contributed by atoms with Crippen LogP contribution in [-0.2, 0) is 5.88 Å². The van der Waals surface area contributed by atoms with Crippen molar-refractivity contribution in [3.05, 3.63) is 16.5 Å². The summed E-state index contributed by atoms with van der Waals surface area (Å²) in [6.45, 7) is 0. The zero-order valence-electron chi connectivity index (χ0n) is 5.96. The van der Waals surface area contributed by atoms with E-state index in [4.69, 9.17) is 16.3 Å². The minimum Gasteiger partial charge on any atom is -0.487 e. The predicted molar refractivity (Wildman–Crippen MR) is 45.8 cm³/mol. The summed E-state index contributed by atoms with van der Waals surface area (Å²) in [5, 5.41) is 0.724. The van der Waals surface area contributed by atoms with Crippen molar-refractivity contribution in [2.45, 2.75) is 5.88 Å². The minimum atomic E-state index is 0.382. The maximum Gasteiger partial charge on any atom is 0.178 e. The summed E-state index contributed by atoms with van der Waals surface area (Å²) in [5.41, 5.74) is 0.876. The molecule has 0 radical (unpaired) electrons. The zero-order valence-corrected chi connectivity index (χ0v) is 7.54. The molecule has 0 N–H and O–H groups in total. The summed E-state index contributed by atoms with van der Waals surface area (Å²) in [6.07, 6.45) is 0.795. The van der Waals surface area contributed by atoms with Crippen molar-refractivity contribution in [3.63, 3.8) is 0 Å². The van der Waals surface area contributed by atoms with E-state index >= 15 is 0 Å². The highest BCUT2D eigenvalue weighted by molar-refractivity contribution is 7.15. The highest BCUT2D eigenvalue weighted by Gasteiger charge is 2.06. The largest absolute Gasteiger partial charge is 0.487 e. The zero-order chi connectivity index (χ0) is 8.27. The fourth-order valence-electron chi connectivity index (χ4n) is 0.757. The first kappa shape index (κ1) is 8.56. The first-order chi connectivity index (χ1) is 5.31. The summed E-state index contributed by atoms with van der Waals surface area (Å²) >= 11 is 6.90. The van der Waals surface area contributed by atoms with E-state index in [1.165, 1.54) is 11.3 Å². The number of methoxy groups -OCH3 is 1. The molecule has 1 aromatic heterocycles. The predicted octanol–water partition coefficient (Wildman–Crippen LogP) is 2.31. The Morgan fingerprint density at radius 1 is 1.82 bits per heavy atom. The summed E-state index contributed by atoms with van der Waals surface area (Å²) in [6, 6.07) is 1.74. The Kier molecular flexibility index (Phi) is 2.91. The second-order valence-corrected chi connectivity index (χ2v) is 3.23. The molecule has 4 heteroatoms. The molecule has 1 rings (SSSR count). The average molecular weight is 191 g/mol. The molecule has 0 fully saturated rings. The quantitative estimate of drug-likeness (QED) is 0.540. The number of ether oxygens (including phenoxy) is 1. The van der Waals surface area contributed by atoms with Gasteiger partial charge in [-0.2, -0.15) is 0 Å². The molecule has 0 aromatic carbocycles. The van der Waals surface area contributed by atoms with E-state index in [1.54, 1.807) is 13.2 Å². The summed E-state index contributed by atoms with van der Waals surface area (Å²) in [5.74, 6) is 0.382. The van der Waals surface area contributed by atoms with Crippen LogP contribution in [0.1, 0.15) is 15.2 Å². The Bertz CT molecular complexity index is 235. The van der Waals surface area contributed by atoms with Crippen LogP contribution >= 0.6 is 22.9 Å². The van der Waals surface area contributed by atoms with Gasteiger partial charge in [0.15, 0.2) is 11.3 Å². The number of rotatable bonds is 3. The Balaban J connectivity index is 3.01. The molecule has 0 amide bonds. The monoisotopic (exact) mass is 190 g/mol. The highest BCUT2D eigenvalue weighted by atomic mass is 35.5. The first-order valence-corrected chi connectivity index (χ1v) is 4.34. The normalized spacial score (nSPS) is 9.64. The number of carbonyl (C=O) groups is 1. The van der Waals surface area contributed by atoms with Gasteiger partial charge in [0.1, 0.15) is 0 Å². The molecule has 0 spiro atoms. The van der Waals surface area contributed by atoms with Crippen LogP contribution in [0.15, 0.2) is 6.07 Å². The minimum absolute atomic E-state index is 0.382. The van der Waals surface area contributed by atoms with Crippen molar-refractivity contribution >= 4 is 29.2 Å². The molecule has 0 unspecified atom stereocenters. The summed E-state index contributed by atoms with van der Waals surface area (Å²) in [7, 11) is 1.57. The second-order valence-electron chi connectivity index (χ2n) is 1.92. The van der Waals surface area contributed by atoms with Gasteiger partial charge in [0.25, 0.3) is 0 Å². The molecule has 2 nitrogen and oxygen atoms in total. The molecular formula is C7H7ClO2S. The van der Waals surface area contributed by atoms with E-state index in [1.807, 2.05) is 0 Å². The van der Waals surface area contributed by atoms with Crippen LogP contribution in [0.25, 0.3) is 0 Å². The lowest BCUT2D eigenvalue weighted by molar-refractivity contribution is 0.112. The smallest absolute Gasteiger partial charge is 0.178 e. The van der Waals surface area contributed by atoms with Gasteiger partial charge in [0.2, 0.25) is 0 Å². The summed E-state index contributed by atoms with van der Waals surface area (Å²) < 4.78 is 4.99. The van der Waals surface area contributed by atoms with Crippen molar-refractivity contribution in [2.24, 2.45) is 0 Å². The maximum atomic E-state index is 10.3. The Labute approximate surface area is 73.7 Å². The molecule has 11 heavy (non-hydrogen) atoms. The van der Waals surface area contributed by atoms with E-state index < -0.39 is 0 Å². The SMILES string of the molecule is COc1sc(C=O)cc1CCl. The summed E-state index contributed by atoms with van der Waals surface area (Å²) in [4.78, 5) is 11.0. The number of carbonyl (C=O) groups excluding carboxylic acids is 1. The Morgan fingerprint density at radius 2 is 2.55 bits per heavy atom. The molecule has 0 bridgehead atoms. The fraction of sp³-hybridized carbons (Fsp3) is 0.286. The van der Waals surface area contributed by atoms with E-state index in [0.29, 0.717) is 10.8 Å². The van der Waals surface area contributed by atoms with Crippen molar-refractivity contribution in [1.29, 1.82) is 0 Å². The van der Waals surface area contributed by atoms with Crippen molar-refractivity contribution < 1.29 is 9.53 Å². The molecular weight excluding hydrogens is 184 g/mol. The van der Waals surface area contributed by atoms with Gasteiger partial charge in [-0.1, -0.05) is 11.3 Å². The van der Waals surface area contributed by atoms with Crippen LogP contribution in [0.2, 0.25) is 0 Å². The van der Waals surface area contributed by atoms with Gasteiger partial charge < -0.3 is 4.74 Å². The van der Waals surface area contributed by atoms with E-state index in [-0.39, 0.29) is 0 Å². The first-order valence-electron chi connectivity index (χ1n) is 2.99. The van der Waals surface area contributed by atoms with Crippen LogP contribution in [-0.4, -0.2) is 13.4 Å². The van der Waals surface area contributed by atoms with Gasteiger partial charge in [-0.05, 0) is 6.07 Å². The van der Waals surface area contributed by atoms with Crippen LogP contribution in [0.4, 0.5) is 0 Å². The Hall–Kier alpha value is -0.540. The van der Waals surface area contributed by atoms with E-state index in [0.717, 1.165) is 16.9 Å². The van der Waals surface area contributed by atoms with Gasteiger partial charge in [-0.15, -0.1) is 11.6 Å². The van der Waals surface area contributed by atoms with Crippen LogP contribution in [0.3, 0.4) is 0 Å². The van der Waals surface area contributed by atoms with Gasteiger partial charge in [-0.3, -0.25) is 4.79 Å². The van der Waals surface area contributed by atoms with E-state index in [2.05, 4.69) is 0 Å². The van der Waals surface area contributed by atoms with Crippen molar-refractivity contribution in [2.75, 3.05) is 7.11 Å². The number of hydrogen-bond donors (Lipinski definition) is 0. The lowest BCUT2D eigenvalue weighted by atomic mass is 10.3. The van der Waals surface area contributed by atoms with Gasteiger partial charge >= 0.3 is 0 Å². The van der Waals surface area contributed by atoms with Gasteiger partial charge in [0, 0.05) is 5.56 Å². The molecule has 1 aromatic rings. The third kappa shape index (κ3) is 1.73. The maximum absolute atomic E-state index is 10.3. The lowest BCUT2D eigenvalue weighted by Crippen LogP contribution is -1.81. The lowest BCUT2D eigenvalue weighted by Gasteiger charge is -1.94. The highest BCUT2D eigenvalue weighted by Crippen LogP contribution is 2.30. The van der Waals surface area contributed by atoms with Crippen molar-refractivity contribution in [1.82, 2.24) is 0 Å². The number of aldehydes is 1. The molecule has 0 aliphatic rings. The van der Waals surface area contributed by atoms with Crippen LogP contribution < -0.4 is 4.74 Å². The number of alkyl halides is 1. The Morgan fingerprint density at radius 3 is 2.91 bits per heavy atom. The number of thiophene rings is 1. The van der Waals surface area contributed by atoms with Gasteiger partial charge in [-0.25, -0.2) is 0 Å². The van der Waals surface area contributed by atoms with Crippen molar-refractivity contribution in [3.8, 4) is 5.06 Å². The molecule has 1 heterocycles. The van der Waals surface area contributed by atoms with Crippen LogP contribution in [0, 0.1) is 0 Å². The van der Waals surface area contributed by atoms with Gasteiger partial charge in [0.05, 0.1) is 17.9 Å². The average Bonchev–Trinajstić information content (AvgIpc) is 2.46. The molecule has 0 atom stereocenters. The molecule has 0 saturated heterocycles. The number of hydrogen-bond acceptors (Lipinski definition) is 3. The van der Waals surface area contributed by atoms with Crippen LogP contribution in [0.5, 0.6) is 5.06 Å². The second kappa shape index (κ2) is 3.74. The molecule has 60 valence electrons. The fourth-order valence-corrected chi connectivity index (χ4v) is 1.84. The standard InChI is InChI=1S/C7H7ClO2S/c1-10-7-5(3-8)2-6(4-9)11-7/h2,4H,3H2,1H3. The third-order valence-electron chi connectivity index (χ3n) is 1.23. The topological polar surface area (TPSA) is 26.3 Å². The van der Waals surface area contributed by atoms with E-state index in [9.17, 15) is 4.79 Å². The third-order valence-corrected chi connectivity index (χ3v) is 2.59. The molecule has 0 aliphatic heterocycles. The molecule has 0 aliphatic carbocycles.